The van der Waals surface area contributed by atoms with Crippen LogP contribution in [-0.4, -0.2) is 41.6 Å². The Hall–Kier alpha value is 0.400. The predicted octanol–water partition coefficient (Wildman–Crippen LogP) is 2.36. The summed E-state index contributed by atoms with van der Waals surface area (Å²) in [6.45, 7) is 10.4. The van der Waals surface area contributed by atoms with Gasteiger partial charge in [-0.05, 0) is 25.3 Å². The Morgan fingerprint density at radius 1 is 1.29 bits per heavy atom. The first-order valence-electron chi connectivity index (χ1n) is 5.20. The van der Waals surface area contributed by atoms with Crippen molar-refractivity contribution in [2.45, 2.75) is 33.8 Å². The molecule has 0 aromatic carbocycles. The minimum atomic E-state index is -0.240. The molecule has 0 fully saturated rings. The molecule has 0 saturated carbocycles. The first-order chi connectivity index (χ1) is 6.27. The van der Waals surface area contributed by atoms with Crippen LogP contribution in [0.2, 0.25) is 0 Å². The molecule has 0 aliphatic heterocycles. The third kappa shape index (κ3) is 5.99. The topological polar surface area (TPSA) is 23.5 Å². The number of alkyl halides is 1. The van der Waals surface area contributed by atoms with Gasteiger partial charge in [0.1, 0.15) is 0 Å². The van der Waals surface area contributed by atoms with Crippen molar-refractivity contribution in [2.75, 3.05) is 25.5 Å². The van der Waals surface area contributed by atoms with Crippen molar-refractivity contribution >= 4 is 15.9 Å². The molecule has 1 N–H and O–H groups in total. The summed E-state index contributed by atoms with van der Waals surface area (Å²) < 4.78 is 0. The average molecular weight is 266 g/mol. The maximum Gasteiger partial charge on any atom is 0.0638 e. The first kappa shape index (κ1) is 14.4. The van der Waals surface area contributed by atoms with Gasteiger partial charge in [0.15, 0.2) is 0 Å². The molecule has 2 unspecified atom stereocenters. The fraction of sp³-hybridized carbons (Fsp3) is 1.00. The highest BCUT2D eigenvalue weighted by molar-refractivity contribution is 9.09. The molecule has 14 heavy (non-hydrogen) atoms. The Balaban J connectivity index is 4.06. The van der Waals surface area contributed by atoms with Crippen LogP contribution in [0.3, 0.4) is 0 Å². The molecule has 0 aliphatic rings. The van der Waals surface area contributed by atoms with Crippen LogP contribution in [0.15, 0.2) is 0 Å². The van der Waals surface area contributed by atoms with Crippen molar-refractivity contribution < 1.29 is 5.11 Å². The van der Waals surface area contributed by atoms with Crippen LogP contribution in [0.1, 0.15) is 27.7 Å². The minimum absolute atomic E-state index is 0.240. The lowest BCUT2D eigenvalue weighted by Gasteiger charge is -2.33. The van der Waals surface area contributed by atoms with E-state index >= 15 is 0 Å². The maximum atomic E-state index is 9.26. The van der Waals surface area contributed by atoms with E-state index in [0.717, 1.165) is 18.4 Å². The van der Waals surface area contributed by atoms with Gasteiger partial charge in [0.25, 0.3) is 0 Å². The molecule has 0 amide bonds. The van der Waals surface area contributed by atoms with E-state index in [2.05, 4.69) is 48.6 Å². The van der Waals surface area contributed by atoms with Gasteiger partial charge in [-0.2, -0.15) is 0 Å². The number of hydrogen-bond donors (Lipinski definition) is 1. The van der Waals surface area contributed by atoms with Gasteiger partial charge in [-0.15, -0.1) is 0 Å². The molecule has 0 rings (SSSR count). The SMILES string of the molecule is CC(O)CN(C)CC(CBr)C(C)(C)C. The molecule has 2 atom stereocenters. The molecule has 0 aromatic rings. The standard InChI is InChI=1S/C11H24BrNO/c1-9(14)7-13(5)8-10(6-12)11(2,3)4/h9-10,14H,6-8H2,1-5H3. The maximum absolute atomic E-state index is 9.26. The molecule has 0 radical (unpaired) electrons. The molecule has 0 saturated heterocycles. The van der Waals surface area contributed by atoms with E-state index in [1.54, 1.807) is 0 Å². The lowest BCUT2D eigenvalue weighted by atomic mass is 9.82. The van der Waals surface area contributed by atoms with Crippen LogP contribution in [0, 0.1) is 11.3 Å². The second-order valence-corrected chi connectivity index (χ2v) is 5.93. The molecule has 2 nitrogen and oxygen atoms in total. The summed E-state index contributed by atoms with van der Waals surface area (Å²) in [5, 5.41) is 10.3. The second-order valence-electron chi connectivity index (χ2n) is 5.29. The van der Waals surface area contributed by atoms with Crippen molar-refractivity contribution in [3.63, 3.8) is 0 Å². The third-order valence-electron chi connectivity index (χ3n) is 2.52. The summed E-state index contributed by atoms with van der Waals surface area (Å²) in [6.07, 6.45) is -0.240. The Labute approximate surface area is 96.8 Å². The highest BCUT2D eigenvalue weighted by atomic mass is 79.9. The Kier molecular flexibility index (Phi) is 6.26. The summed E-state index contributed by atoms with van der Waals surface area (Å²) in [5.41, 5.74) is 0.316. The second kappa shape index (κ2) is 6.09. The number of rotatable bonds is 5. The summed E-state index contributed by atoms with van der Waals surface area (Å²) >= 11 is 3.56. The zero-order valence-electron chi connectivity index (χ0n) is 10.0. The van der Waals surface area contributed by atoms with E-state index in [1.807, 2.05) is 6.92 Å². The third-order valence-corrected chi connectivity index (χ3v) is 3.30. The molecular formula is C11H24BrNO. The Morgan fingerprint density at radius 3 is 2.07 bits per heavy atom. The van der Waals surface area contributed by atoms with Crippen molar-refractivity contribution in [3.8, 4) is 0 Å². The summed E-state index contributed by atoms with van der Waals surface area (Å²) in [4.78, 5) is 2.20. The van der Waals surface area contributed by atoms with Crippen LogP contribution in [0.5, 0.6) is 0 Å². The zero-order chi connectivity index (χ0) is 11.4. The van der Waals surface area contributed by atoms with Crippen molar-refractivity contribution in [3.05, 3.63) is 0 Å². The summed E-state index contributed by atoms with van der Waals surface area (Å²) in [5.74, 6) is 0.617. The molecule has 86 valence electrons. The van der Waals surface area contributed by atoms with Gasteiger partial charge in [-0.1, -0.05) is 36.7 Å². The molecular weight excluding hydrogens is 242 g/mol. The molecule has 3 heteroatoms. The number of hydrogen-bond acceptors (Lipinski definition) is 2. The largest absolute Gasteiger partial charge is 0.392 e. The van der Waals surface area contributed by atoms with Crippen LogP contribution >= 0.6 is 15.9 Å². The van der Waals surface area contributed by atoms with Gasteiger partial charge < -0.3 is 10.0 Å². The lowest BCUT2D eigenvalue weighted by Crippen LogP contribution is -2.37. The zero-order valence-corrected chi connectivity index (χ0v) is 11.6. The van der Waals surface area contributed by atoms with E-state index in [-0.39, 0.29) is 6.10 Å². The smallest absolute Gasteiger partial charge is 0.0638 e. The number of aliphatic hydroxyl groups excluding tert-OH is 1. The summed E-state index contributed by atoms with van der Waals surface area (Å²) in [7, 11) is 2.06. The normalized spacial score (nSPS) is 17.1. The minimum Gasteiger partial charge on any atom is -0.392 e. The van der Waals surface area contributed by atoms with Crippen LogP contribution in [0.4, 0.5) is 0 Å². The van der Waals surface area contributed by atoms with Gasteiger partial charge in [0, 0.05) is 18.4 Å². The fourth-order valence-electron chi connectivity index (χ4n) is 1.46. The highest BCUT2D eigenvalue weighted by Gasteiger charge is 2.24. The first-order valence-corrected chi connectivity index (χ1v) is 6.32. The average Bonchev–Trinajstić information content (AvgIpc) is 1.96. The van der Waals surface area contributed by atoms with E-state index in [4.69, 9.17) is 0 Å². The number of likely N-dealkylation sites (N-methyl/N-ethyl adjacent to an activating group) is 1. The van der Waals surface area contributed by atoms with Gasteiger partial charge in [-0.3, -0.25) is 0 Å². The highest BCUT2D eigenvalue weighted by Crippen LogP contribution is 2.27. The fourth-order valence-corrected chi connectivity index (χ4v) is 2.63. The van der Waals surface area contributed by atoms with Crippen LogP contribution in [0.25, 0.3) is 0 Å². The van der Waals surface area contributed by atoms with E-state index < -0.39 is 0 Å². The van der Waals surface area contributed by atoms with Gasteiger partial charge in [0.05, 0.1) is 6.10 Å². The van der Waals surface area contributed by atoms with Crippen LogP contribution < -0.4 is 0 Å². The van der Waals surface area contributed by atoms with Gasteiger partial charge >= 0.3 is 0 Å². The Morgan fingerprint density at radius 2 is 1.79 bits per heavy atom. The number of aliphatic hydroxyl groups is 1. The molecule has 0 aliphatic carbocycles. The monoisotopic (exact) mass is 265 g/mol. The van der Waals surface area contributed by atoms with E-state index in [0.29, 0.717) is 11.3 Å². The van der Waals surface area contributed by atoms with Gasteiger partial charge in [0.2, 0.25) is 0 Å². The Bertz CT molecular complexity index is 154. The predicted molar refractivity (Wildman–Crippen MR) is 65.9 cm³/mol. The van der Waals surface area contributed by atoms with Crippen molar-refractivity contribution in [2.24, 2.45) is 11.3 Å². The van der Waals surface area contributed by atoms with Crippen molar-refractivity contribution in [1.29, 1.82) is 0 Å². The summed E-state index contributed by atoms with van der Waals surface area (Å²) in [6, 6.07) is 0. The molecule has 0 aromatic heterocycles. The van der Waals surface area contributed by atoms with Gasteiger partial charge in [-0.25, -0.2) is 0 Å². The van der Waals surface area contributed by atoms with E-state index in [9.17, 15) is 5.11 Å². The quantitative estimate of drug-likeness (QED) is 0.772. The molecule has 0 bridgehead atoms. The molecule has 0 heterocycles. The number of halogens is 1. The van der Waals surface area contributed by atoms with Crippen LogP contribution in [-0.2, 0) is 0 Å². The lowest BCUT2D eigenvalue weighted by molar-refractivity contribution is 0.115. The molecule has 0 spiro atoms. The number of nitrogens with zero attached hydrogens (tertiary/aromatic N) is 1. The van der Waals surface area contributed by atoms with Crippen molar-refractivity contribution in [1.82, 2.24) is 4.90 Å². The van der Waals surface area contributed by atoms with E-state index in [1.165, 1.54) is 0 Å².